The van der Waals surface area contributed by atoms with Gasteiger partial charge < -0.3 is 9.15 Å². The zero-order valence-corrected chi connectivity index (χ0v) is 16.5. The van der Waals surface area contributed by atoms with Crippen molar-refractivity contribution in [1.82, 2.24) is 0 Å². The number of hydrogen-bond acceptors (Lipinski definition) is 7. The summed E-state index contributed by atoms with van der Waals surface area (Å²) in [6, 6.07) is 18.3. The van der Waals surface area contributed by atoms with E-state index < -0.39 is 29.9 Å². The Morgan fingerprint density at radius 1 is 0.903 bits per heavy atom. The minimum absolute atomic E-state index is 0.325. The zero-order valence-electron chi connectivity index (χ0n) is 16.5. The molecular formula is C23H18N2O6. The topological polar surface area (TPSA) is 89.3 Å². The van der Waals surface area contributed by atoms with Crippen LogP contribution in [-0.2, 0) is 19.2 Å². The second-order valence-corrected chi connectivity index (χ2v) is 7.22. The van der Waals surface area contributed by atoms with E-state index in [0.29, 0.717) is 22.7 Å². The summed E-state index contributed by atoms with van der Waals surface area (Å²) in [6.07, 6.45) is 0.541. The molecule has 0 unspecified atom stereocenters. The maximum atomic E-state index is 13.4. The van der Waals surface area contributed by atoms with Gasteiger partial charge in [-0.25, -0.2) is 14.8 Å². The van der Waals surface area contributed by atoms with Crippen molar-refractivity contribution in [1.29, 1.82) is 0 Å². The Kier molecular flexibility index (Phi) is 4.56. The molecule has 8 heteroatoms. The van der Waals surface area contributed by atoms with Crippen LogP contribution in [0.5, 0.6) is 0 Å². The first-order valence-electron chi connectivity index (χ1n) is 9.71. The molecule has 0 N–H and O–H groups in total. The number of para-hydroxylation sites is 1. The van der Waals surface area contributed by atoms with E-state index in [2.05, 4.69) is 0 Å². The van der Waals surface area contributed by atoms with Crippen molar-refractivity contribution in [3.05, 3.63) is 84.3 Å². The standard InChI is InChI=1S/C23H18N2O6/c1-29-23(28)14-9-11-15(12-10-14)24-21(26)18-19(17-8-5-13-30-17)25(31-20(18)22(24)27)16-6-3-2-4-7-16/h2-13,18-20H,1H3/t18-,19+,20-/m0/s1. The summed E-state index contributed by atoms with van der Waals surface area (Å²) in [5, 5.41) is 1.57. The molecule has 2 aromatic carbocycles. The lowest BCUT2D eigenvalue weighted by atomic mass is 9.94. The maximum Gasteiger partial charge on any atom is 0.337 e. The number of furan rings is 1. The second-order valence-electron chi connectivity index (χ2n) is 7.22. The minimum Gasteiger partial charge on any atom is -0.467 e. The summed E-state index contributed by atoms with van der Waals surface area (Å²) in [5.41, 5.74) is 1.41. The molecule has 3 aromatic rings. The summed E-state index contributed by atoms with van der Waals surface area (Å²) in [4.78, 5) is 45.4. The van der Waals surface area contributed by atoms with Crippen LogP contribution in [0.15, 0.2) is 77.4 Å². The number of carbonyl (C=O) groups is 3. The normalized spacial score (nSPS) is 22.7. The molecule has 2 aliphatic heterocycles. The molecule has 5 rings (SSSR count). The van der Waals surface area contributed by atoms with Gasteiger partial charge in [-0.3, -0.25) is 14.4 Å². The molecule has 2 amide bonds. The molecule has 8 nitrogen and oxygen atoms in total. The molecule has 0 aliphatic carbocycles. The van der Waals surface area contributed by atoms with Crippen LogP contribution in [0.25, 0.3) is 0 Å². The fourth-order valence-electron chi connectivity index (χ4n) is 4.08. The van der Waals surface area contributed by atoms with Crippen molar-refractivity contribution in [2.45, 2.75) is 12.1 Å². The number of benzene rings is 2. The van der Waals surface area contributed by atoms with Crippen molar-refractivity contribution in [2.24, 2.45) is 5.92 Å². The van der Waals surface area contributed by atoms with Gasteiger partial charge in [-0.1, -0.05) is 18.2 Å². The van der Waals surface area contributed by atoms with Gasteiger partial charge in [-0.15, -0.1) is 0 Å². The molecule has 2 fully saturated rings. The van der Waals surface area contributed by atoms with E-state index in [9.17, 15) is 14.4 Å². The molecule has 156 valence electrons. The fourth-order valence-corrected chi connectivity index (χ4v) is 4.08. The quantitative estimate of drug-likeness (QED) is 0.475. The molecule has 31 heavy (non-hydrogen) atoms. The number of imide groups is 1. The van der Waals surface area contributed by atoms with Crippen molar-refractivity contribution in [2.75, 3.05) is 17.1 Å². The van der Waals surface area contributed by atoms with Gasteiger partial charge in [0.2, 0.25) is 5.91 Å². The number of fused-ring (bicyclic) bond motifs is 1. The Labute approximate surface area is 177 Å². The van der Waals surface area contributed by atoms with Gasteiger partial charge in [0.15, 0.2) is 6.10 Å². The lowest BCUT2D eigenvalue weighted by Crippen LogP contribution is -2.37. The number of esters is 1. The fraction of sp³-hybridized carbons (Fsp3) is 0.174. The Morgan fingerprint density at radius 3 is 2.29 bits per heavy atom. The highest BCUT2D eigenvalue weighted by Crippen LogP contribution is 2.47. The van der Waals surface area contributed by atoms with Gasteiger partial charge >= 0.3 is 5.97 Å². The van der Waals surface area contributed by atoms with Crippen LogP contribution >= 0.6 is 0 Å². The van der Waals surface area contributed by atoms with Crippen LogP contribution in [0.2, 0.25) is 0 Å². The van der Waals surface area contributed by atoms with Crippen LogP contribution in [0.1, 0.15) is 22.2 Å². The Bertz CT molecular complexity index is 1130. The number of anilines is 2. The predicted molar refractivity (Wildman–Crippen MR) is 109 cm³/mol. The van der Waals surface area contributed by atoms with Gasteiger partial charge in [0.1, 0.15) is 17.7 Å². The first-order chi connectivity index (χ1) is 15.1. The van der Waals surface area contributed by atoms with Gasteiger partial charge in [0, 0.05) is 0 Å². The molecular weight excluding hydrogens is 400 g/mol. The van der Waals surface area contributed by atoms with Crippen LogP contribution in [0.3, 0.4) is 0 Å². The Morgan fingerprint density at radius 2 is 1.65 bits per heavy atom. The Balaban J connectivity index is 1.51. The van der Waals surface area contributed by atoms with Crippen molar-refractivity contribution < 1.29 is 28.4 Å². The minimum atomic E-state index is -0.983. The molecule has 3 heterocycles. The van der Waals surface area contributed by atoms with Crippen LogP contribution in [-0.4, -0.2) is 31.0 Å². The number of hydroxylamine groups is 1. The first kappa shape index (κ1) is 19.1. The number of amides is 2. The van der Waals surface area contributed by atoms with E-state index in [-0.39, 0.29) is 5.91 Å². The van der Waals surface area contributed by atoms with Gasteiger partial charge in [-0.05, 0) is 48.5 Å². The van der Waals surface area contributed by atoms with Gasteiger partial charge in [0.25, 0.3) is 5.91 Å². The average Bonchev–Trinajstić information content (AvgIpc) is 3.51. The van der Waals surface area contributed by atoms with Crippen molar-refractivity contribution in [3.63, 3.8) is 0 Å². The Hall–Kier alpha value is -3.91. The lowest BCUT2D eigenvalue weighted by Gasteiger charge is -2.27. The molecule has 2 saturated heterocycles. The highest BCUT2D eigenvalue weighted by Gasteiger charge is 2.61. The van der Waals surface area contributed by atoms with Crippen molar-refractivity contribution in [3.8, 4) is 0 Å². The summed E-state index contributed by atoms with van der Waals surface area (Å²) < 4.78 is 10.3. The summed E-state index contributed by atoms with van der Waals surface area (Å²) >= 11 is 0. The monoisotopic (exact) mass is 418 g/mol. The van der Waals surface area contributed by atoms with Crippen LogP contribution in [0.4, 0.5) is 11.4 Å². The first-order valence-corrected chi connectivity index (χ1v) is 9.71. The van der Waals surface area contributed by atoms with E-state index in [1.165, 1.54) is 25.5 Å². The molecule has 3 atom stereocenters. The molecule has 0 radical (unpaired) electrons. The molecule has 0 spiro atoms. The highest BCUT2D eigenvalue weighted by atomic mass is 16.7. The van der Waals surface area contributed by atoms with E-state index in [1.807, 2.05) is 30.3 Å². The smallest absolute Gasteiger partial charge is 0.337 e. The van der Waals surface area contributed by atoms with Crippen LogP contribution < -0.4 is 9.96 Å². The molecule has 2 aliphatic rings. The van der Waals surface area contributed by atoms with Gasteiger partial charge in [0.05, 0.1) is 30.3 Å². The van der Waals surface area contributed by atoms with Crippen molar-refractivity contribution >= 4 is 29.2 Å². The second kappa shape index (κ2) is 7.41. The van der Waals surface area contributed by atoms with E-state index >= 15 is 0 Å². The summed E-state index contributed by atoms with van der Waals surface area (Å²) in [7, 11) is 1.29. The zero-order chi connectivity index (χ0) is 21.5. The molecule has 0 bridgehead atoms. The third-order valence-electron chi connectivity index (χ3n) is 5.51. The average molecular weight is 418 g/mol. The van der Waals surface area contributed by atoms with Gasteiger partial charge in [-0.2, -0.15) is 0 Å². The number of methoxy groups -OCH3 is 1. The lowest BCUT2D eigenvalue weighted by molar-refractivity contribution is -0.126. The third-order valence-corrected chi connectivity index (χ3v) is 5.51. The van der Waals surface area contributed by atoms with E-state index in [0.717, 1.165) is 4.90 Å². The van der Waals surface area contributed by atoms with E-state index in [1.54, 1.807) is 29.3 Å². The number of nitrogens with zero attached hydrogens (tertiary/aromatic N) is 2. The van der Waals surface area contributed by atoms with E-state index in [4.69, 9.17) is 14.0 Å². The summed E-state index contributed by atoms with van der Waals surface area (Å²) in [5.74, 6) is -1.60. The predicted octanol–water partition coefficient (Wildman–Crippen LogP) is 3.12. The molecule has 1 aromatic heterocycles. The highest BCUT2D eigenvalue weighted by molar-refractivity contribution is 6.24. The van der Waals surface area contributed by atoms with Crippen LogP contribution in [0, 0.1) is 5.92 Å². The summed E-state index contributed by atoms with van der Waals surface area (Å²) in [6.45, 7) is 0. The number of rotatable bonds is 4. The SMILES string of the molecule is COC(=O)c1ccc(N2C(=O)[C@@H]3[C@H](ON(c4ccccc4)[C@@H]3c3ccco3)C2=O)cc1. The molecule has 0 saturated carbocycles. The number of hydrogen-bond donors (Lipinski definition) is 0. The maximum absolute atomic E-state index is 13.4. The largest absolute Gasteiger partial charge is 0.467 e. The third kappa shape index (κ3) is 3.00. The number of ether oxygens (including phenoxy) is 1. The number of carbonyl (C=O) groups excluding carboxylic acids is 3.